The van der Waals surface area contributed by atoms with Gasteiger partial charge in [-0.25, -0.2) is 0 Å². The lowest BCUT2D eigenvalue weighted by Gasteiger charge is -2.27. The third kappa shape index (κ3) is 5.88. The molecule has 0 radical (unpaired) electrons. The Morgan fingerprint density at radius 3 is 2.55 bits per heavy atom. The van der Waals surface area contributed by atoms with Gasteiger partial charge >= 0.3 is 6.61 Å². The summed E-state index contributed by atoms with van der Waals surface area (Å²) in [6.45, 7) is -2.37. The topological polar surface area (TPSA) is 151 Å². The monoisotopic (exact) mass is 574 g/mol. The average Bonchev–Trinajstić information content (AvgIpc) is 3.72. The number of hydrogen-bond acceptors (Lipinski definition) is 6. The van der Waals surface area contributed by atoms with Gasteiger partial charge < -0.3 is 25.3 Å². The number of carbonyl (C=O) groups is 3. The molecule has 12 heteroatoms. The lowest BCUT2D eigenvalue weighted by molar-refractivity contribution is -0.127. The number of ether oxygens (including phenoxy) is 1. The molecule has 2 fully saturated rings. The fourth-order valence-corrected chi connectivity index (χ4v) is 5.81. The third-order valence-corrected chi connectivity index (χ3v) is 7.92. The summed E-state index contributed by atoms with van der Waals surface area (Å²) in [5.41, 5.74) is 1.44. The van der Waals surface area contributed by atoms with Gasteiger partial charge in [0.05, 0.1) is 18.2 Å². The number of carbonyl (C=O) groups excluding carboxylic acids is 3. The predicted molar refractivity (Wildman–Crippen MR) is 146 cm³/mol. The summed E-state index contributed by atoms with van der Waals surface area (Å²) in [7, 11) is 0. The number of amides is 3. The van der Waals surface area contributed by atoms with E-state index in [2.05, 4.69) is 20.4 Å². The minimum atomic E-state index is -3.04. The van der Waals surface area contributed by atoms with Gasteiger partial charge in [0.15, 0.2) is 5.92 Å². The van der Waals surface area contributed by atoms with Crippen LogP contribution in [0.4, 0.5) is 8.78 Å². The Hall–Kier alpha value is -4.97. The summed E-state index contributed by atoms with van der Waals surface area (Å²) in [5.74, 6) is -3.17. The quantitative estimate of drug-likeness (QED) is 0.356. The summed E-state index contributed by atoms with van der Waals surface area (Å²) in [6.07, 6.45) is 0.916. The highest BCUT2D eigenvalue weighted by atomic mass is 19.3. The fraction of sp³-hybridized carbons (Fsp3) is 0.367. The molecular weight excluding hydrogens is 546 g/mol. The van der Waals surface area contributed by atoms with Gasteiger partial charge in [0.1, 0.15) is 17.5 Å². The van der Waals surface area contributed by atoms with Crippen LogP contribution >= 0.6 is 0 Å². The van der Waals surface area contributed by atoms with E-state index in [9.17, 15) is 33.7 Å². The Morgan fingerprint density at radius 1 is 1.12 bits per heavy atom. The molecular formula is C30H28F2N6O4. The summed E-state index contributed by atoms with van der Waals surface area (Å²) in [4.78, 5) is 44.2. The minimum Gasteiger partial charge on any atom is -0.434 e. The molecule has 1 aromatic heterocycles. The molecule has 10 nitrogen and oxygen atoms in total. The molecule has 2 saturated heterocycles. The lowest BCUT2D eigenvalue weighted by Crippen LogP contribution is -2.51. The largest absolute Gasteiger partial charge is 0.434 e. The number of nitrogens with zero attached hydrogens (tertiary/aromatic N) is 3. The molecule has 2 aliphatic heterocycles. The van der Waals surface area contributed by atoms with Crippen molar-refractivity contribution >= 4 is 28.6 Å². The number of aromatic amines is 1. The molecule has 0 aliphatic carbocycles. The molecule has 42 heavy (non-hydrogen) atoms. The van der Waals surface area contributed by atoms with Gasteiger partial charge in [-0.1, -0.05) is 36.4 Å². The molecule has 2 aliphatic rings. The van der Waals surface area contributed by atoms with Gasteiger partial charge in [-0.15, -0.1) is 0 Å². The highest BCUT2D eigenvalue weighted by molar-refractivity contribution is 6.02. The number of H-pyrrole nitrogens is 1. The van der Waals surface area contributed by atoms with Crippen molar-refractivity contribution in [3.05, 3.63) is 65.9 Å². The van der Waals surface area contributed by atoms with Gasteiger partial charge in [0.2, 0.25) is 11.8 Å². The summed E-state index contributed by atoms with van der Waals surface area (Å²) < 4.78 is 30.5. The number of fused-ring (bicyclic) bond motifs is 1. The van der Waals surface area contributed by atoms with Crippen LogP contribution in [0, 0.1) is 34.5 Å². The zero-order valence-electron chi connectivity index (χ0n) is 22.4. The van der Waals surface area contributed by atoms with Crippen LogP contribution in [0.25, 0.3) is 10.9 Å². The number of rotatable bonds is 9. The van der Waals surface area contributed by atoms with Gasteiger partial charge in [-0.05, 0) is 43.0 Å². The molecule has 3 heterocycles. The van der Waals surface area contributed by atoms with Crippen LogP contribution < -0.4 is 15.4 Å². The average molecular weight is 575 g/mol. The second kappa shape index (κ2) is 12.3. The molecule has 2 aromatic carbocycles. The second-order valence-corrected chi connectivity index (χ2v) is 10.5. The van der Waals surface area contributed by atoms with Crippen molar-refractivity contribution in [2.24, 2.45) is 11.8 Å². The Labute approximate surface area is 240 Å². The maximum atomic E-state index is 13.9. The molecule has 5 rings (SSSR count). The van der Waals surface area contributed by atoms with Gasteiger partial charge in [0.25, 0.3) is 5.91 Å². The Kier molecular flexibility index (Phi) is 8.34. The number of nitriles is 2. The maximum Gasteiger partial charge on any atom is 0.387 e. The third-order valence-electron chi connectivity index (χ3n) is 7.92. The molecule has 0 saturated carbocycles. The summed E-state index contributed by atoms with van der Waals surface area (Å²) >= 11 is 0. The minimum absolute atomic E-state index is 0.0893. The Bertz CT molecular complexity index is 1550. The summed E-state index contributed by atoms with van der Waals surface area (Å²) in [6, 6.07) is 17.3. The Morgan fingerprint density at radius 2 is 1.88 bits per heavy atom. The van der Waals surface area contributed by atoms with Crippen LogP contribution in [0.15, 0.2) is 54.6 Å². The van der Waals surface area contributed by atoms with Crippen LogP contribution in [0.2, 0.25) is 0 Å². The maximum absolute atomic E-state index is 13.9. The van der Waals surface area contributed by atoms with Crippen LogP contribution in [0.5, 0.6) is 5.75 Å². The van der Waals surface area contributed by atoms with Crippen molar-refractivity contribution in [1.82, 2.24) is 20.5 Å². The number of likely N-dealkylation sites (tertiary alicyclic amines) is 1. The molecule has 3 N–H and O–H groups in total. The van der Waals surface area contributed by atoms with Crippen molar-refractivity contribution in [2.45, 2.75) is 43.9 Å². The van der Waals surface area contributed by atoms with Gasteiger partial charge in [-0.2, -0.15) is 19.3 Å². The van der Waals surface area contributed by atoms with E-state index in [4.69, 9.17) is 0 Å². The van der Waals surface area contributed by atoms with Crippen molar-refractivity contribution in [2.75, 3.05) is 13.1 Å². The first-order valence-electron chi connectivity index (χ1n) is 13.6. The molecule has 0 spiro atoms. The number of halogens is 2. The number of alkyl halides is 2. The molecule has 4 unspecified atom stereocenters. The molecule has 3 amide bonds. The zero-order valence-corrected chi connectivity index (χ0v) is 22.4. The number of nitrogens with one attached hydrogen (secondary N) is 3. The first-order chi connectivity index (χ1) is 20.3. The van der Waals surface area contributed by atoms with Gasteiger partial charge in [-0.3, -0.25) is 14.4 Å². The smallest absolute Gasteiger partial charge is 0.387 e. The van der Waals surface area contributed by atoms with Crippen molar-refractivity contribution in [3.63, 3.8) is 0 Å². The standard InChI is InChI=1S/C30H28F2N6O4/c31-30(32)42-26-8-4-7-22-21(26)13-24(36-22)29(41)38-16-19(17-5-2-1-3-6-17)12-25(38)28(40)37-23(20(14-33)15-34)11-18-9-10-35-27(18)39/h1-8,13,18-20,23,25,30,36H,9-12,16H2,(H,35,39)(H,37,40). The predicted octanol–water partition coefficient (Wildman–Crippen LogP) is 3.44. The van der Waals surface area contributed by atoms with Crippen LogP contribution in [0.1, 0.15) is 41.2 Å². The second-order valence-electron chi connectivity index (χ2n) is 10.5. The first-order valence-corrected chi connectivity index (χ1v) is 13.6. The SMILES string of the molecule is N#CC(C#N)C(CC1CCNC1=O)NC(=O)C1CC(c2ccccc2)CN1C(=O)c1cc2c(OC(F)F)cccc2[nH]1. The van der Waals surface area contributed by atoms with Gasteiger partial charge in [0, 0.05) is 35.8 Å². The zero-order chi connectivity index (χ0) is 29.8. The van der Waals surface area contributed by atoms with Crippen molar-refractivity contribution in [3.8, 4) is 17.9 Å². The van der Waals surface area contributed by atoms with E-state index < -0.39 is 42.3 Å². The van der Waals surface area contributed by atoms with Crippen LogP contribution in [0.3, 0.4) is 0 Å². The highest BCUT2D eigenvalue weighted by Gasteiger charge is 2.42. The Balaban J connectivity index is 1.44. The lowest BCUT2D eigenvalue weighted by atomic mass is 9.90. The summed E-state index contributed by atoms with van der Waals surface area (Å²) in [5, 5.41) is 25.0. The van der Waals surface area contributed by atoms with E-state index in [0.717, 1.165) is 5.56 Å². The first kappa shape index (κ1) is 28.6. The molecule has 216 valence electrons. The van der Waals surface area contributed by atoms with E-state index in [1.807, 2.05) is 42.5 Å². The van der Waals surface area contributed by atoms with Crippen LogP contribution in [-0.2, 0) is 9.59 Å². The van der Waals surface area contributed by atoms with E-state index in [0.29, 0.717) is 23.9 Å². The van der Waals surface area contributed by atoms with E-state index in [1.54, 1.807) is 6.07 Å². The number of benzene rings is 2. The number of aromatic nitrogens is 1. The van der Waals surface area contributed by atoms with Crippen LogP contribution in [-0.4, -0.2) is 59.4 Å². The van der Waals surface area contributed by atoms with E-state index >= 15 is 0 Å². The fourth-order valence-electron chi connectivity index (χ4n) is 5.81. The normalized spacial score (nSPS) is 20.8. The molecule has 0 bridgehead atoms. The van der Waals surface area contributed by atoms with Crippen molar-refractivity contribution < 1.29 is 27.9 Å². The van der Waals surface area contributed by atoms with E-state index in [-0.39, 0.29) is 42.7 Å². The van der Waals surface area contributed by atoms with E-state index in [1.165, 1.54) is 23.1 Å². The molecule has 3 aromatic rings. The number of hydrogen-bond donors (Lipinski definition) is 3. The van der Waals surface area contributed by atoms with Crippen molar-refractivity contribution in [1.29, 1.82) is 10.5 Å². The molecule has 4 atom stereocenters. The highest BCUT2D eigenvalue weighted by Crippen LogP contribution is 2.35.